The third-order valence-corrected chi connectivity index (χ3v) is 3.75. The van der Waals surface area contributed by atoms with Crippen molar-refractivity contribution in [3.63, 3.8) is 0 Å². The number of hydrogen-bond donors (Lipinski definition) is 0. The van der Waals surface area contributed by atoms with Crippen molar-refractivity contribution in [1.29, 1.82) is 10.5 Å². The van der Waals surface area contributed by atoms with Crippen molar-refractivity contribution < 1.29 is 9.53 Å². The molecular weight excluding hydrogens is 268 g/mol. The van der Waals surface area contributed by atoms with Gasteiger partial charge in [0.25, 0.3) is 0 Å². The molecule has 1 aliphatic carbocycles. The van der Waals surface area contributed by atoms with Gasteiger partial charge in [-0.3, -0.25) is 4.79 Å². The average molecular weight is 284 g/mol. The standard InChI is InChI=1S/C15H16N4O2/c1-3-21-14(20)15(2,11(8-16)9-17)13-7-6-12(18-19-13)10-4-5-10/h6-7,10-11H,3-5H2,1-2H3/t15-/m0/s1. The van der Waals surface area contributed by atoms with Crippen molar-refractivity contribution in [1.82, 2.24) is 10.2 Å². The molecule has 0 bridgehead atoms. The second kappa shape index (κ2) is 5.88. The van der Waals surface area contributed by atoms with Crippen LogP contribution in [0.4, 0.5) is 0 Å². The Bertz CT molecular complexity index is 596. The van der Waals surface area contributed by atoms with Crippen molar-refractivity contribution >= 4 is 5.97 Å². The van der Waals surface area contributed by atoms with Gasteiger partial charge >= 0.3 is 5.97 Å². The maximum absolute atomic E-state index is 12.3. The van der Waals surface area contributed by atoms with Crippen molar-refractivity contribution in [2.45, 2.75) is 38.0 Å². The highest BCUT2D eigenvalue weighted by Gasteiger charge is 2.47. The fourth-order valence-electron chi connectivity index (χ4n) is 2.15. The fourth-order valence-corrected chi connectivity index (χ4v) is 2.15. The summed E-state index contributed by atoms with van der Waals surface area (Å²) in [5, 5.41) is 26.5. The molecule has 21 heavy (non-hydrogen) atoms. The molecule has 0 aliphatic heterocycles. The summed E-state index contributed by atoms with van der Waals surface area (Å²) in [5.74, 6) is -1.37. The zero-order valence-electron chi connectivity index (χ0n) is 12.0. The molecule has 0 N–H and O–H groups in total. The minimum absolute atomic E-state index is 0.172. The van der Waals surface area contributed by atoms with Gasteiger partial charge in [-0.05, 0) is 38.8 Å². The topological polar surface area (TPSA) is 99.7 Å². The number of rotatable bonds is 5. The molecule has 6 nitrogen and oxygen atoms in total. The highest BCUT2D eigenvalue weighted by Crippen LogP contribution is 2.39. The molecule has 0 spiro atoms. The van der Waals surface area contributed by atoms with Crippen molar-refractivity contribution in [2.24, 2.45) is 5.92 Å². The van der Waals surface area contributed by atoms with Gasteiger partial charge in [-0.1, -0.05) is 0 Å². The molecule has 1 saturated carbocycles. The van der Waals surface area contributed by atoms with Crippen molar-refractivity contribution in [3.8, 4) is 12.1 Å². The van der Waals surface area contributed by atoms with Crippen molar-refractivity contribution in [2.75, 3.05) is 6.61 Å². The Labute approximate surface area is 123 Å². The number of nitriles is 2. The van der Waals surface area contributed by atoms with E-state index in [4.69, 9.17) is 15.3 Å². The normalized spacial score (nSPS) is 16.6. The summed E-state index contributed by atoms with van der Waals surface area (Å²) in [7, 11) is 0. The number of nitrogens with zero attached hydrogens (tertiary/aromatic N) is 4. The van der Waals surface area contributed by atoms with Gasteiger partial charge in [0.15, 0.2) is 5.92 Å². The quantitative estimate of drug-likeness (QED) is 0.765. The molecule has 0 radical (unpaired) electrons. The molecule has 1 atom stereocenters. The van der Waals surface area contributed by atoms with E-state index in [1.165, 1.54) is 6.92 Å². The lowest BCUT2D eigenvalue weighted by Gasteiger charge is -2.26. The zero-order chi connectivity index (χ0) is 15.5. The molecule has 1 aromatic heterocycles. The van der Waals surface area contributed by atoms with Gasteiger partial charge < -0.3 is 4.74 Å². The molecule has 1 aromatic rings. The molecule has 1 fully saturated rings. The van der Waals surface area contributed by atoms with Gasteiger partial charge in [-0.15, -0.1) is 0 Å². The number of ether oxygens (including phenoxy) is 1. The van der Waals surface area contributed by atoms with E-state index in [9.17, 15) is 4.79 Å². The van der Waals surface area contributed by atoms with Gasteiger partial charge in [0.1, 0.15) is 5.41 Å². The lowest BCUT2D eigenvalue weighted by Crippen LogP contribution is -2.41. The Balaban J connectivity index is 2.41. The molecule has 0 unspecified atom stereocenters. The summed E-state index contributed by atoms with van der Waals surface area (Å²) < 4.78 is 5.03. The van der Waals surface area contributed by atoms with E-state index in [1.54, 1.807) is 13.0 Å². The summed E-state index contributed by atoms with van der Waals surface area (Å²) in [4.78, 5) is 12.3. The first-order chi connectivity index (χ1) is 10.1. The second-order valence-electron chi connectivity index (χ2n) is 5.23. The molecule has 0 aromatic carbocycles. The van der Waals surface area contributed by atoms with Crippen LogP contribution in [-0.2, 0) is 14.9 Å². The zero-order valence-corrected chi connectivity index (χ0v) is 12.0. The van der Waals surface area contributed by atoms with Crippen LogP contribution in [0.2, 0.25) is 0 Å². The van der Waals surface area contributed by atoms with Crippen LogP contribution in [0.15, 0.2) is 12.1 Å². The van der Waals surface area contributed by atoms with Gasteiger partial charge in [-0.25, -0.2) is 0 Å². The minimum Gasteiger partial charge on any atom is -0.465 e. The second-order valence-corrected chi connectivity index (χ2v) is 5.23. The smallest absolute Gasteiger partial charge is 0.320 e. The van der Waals surface area contributed by atoms with Gasteiger partial charge in [0, 0.05) is 5.92 Å². The van der Waals surface area contributed by atoms with Crippen LogP contribution in [0.3, 0.4) is 0 Å². The van der Waals surface area contributed by atoms with Crippen LogP contribution in [-0.4, -0.2) is 22.8 Å². The number of carbonyl (C=O) groups is 1. The fraction of sp³-hybridized carbons (Fsp3) is 0.533. The highest BCUT2D eigenvalue weighted by atomic mass is 16.5. The molecule has 108 valence electrons. The first-order valence-electron chi connectivity index (χ1n) is 6.88. The predicted molar refractivity (Wildman–Crippen MR) is 72.7 cm³/mol. The van der Waals surface area contributed by atoms with E-state index in [0.717, 1.165) is 18.5 Å². The van der Waals surface area contributed by atoms with E-state index in [2.05, 4.69) is 10.2 Å². The minimum atomic E-state index is -1.44. The summed E-state index contributed by atoms with van der Waals surface area (Å²) >= 11 is 0. The number of carbonyl (C=O) groups excluding carboxylic acids is 1. The Morgan fingerprint density at radius 2 is 2.10 bits per heavy atom. The van der Waals surface area contributed by atoms with Crippen LogP contribution < -0.4 is 0 Å². The molecule has 2 rings (SSSR count). The molecule has 0 saturated heterocycles. The van der Waals surface area contributed by atoms with E-state index in [0.29, 0.717) is 11.6 Å². The maximum Gasteiger partial charge on any atom is 0.320 e. The van der Waals surface area contributed by atoms with E-state index >= 15 is 0 Å². The molecule has 1 heterocycles. The number of esters is 1. The molecule has 1 aliphatic rings. The summed E-state index contributed by atoms with van der Waals surface area (Å²) in [6.45, 7) is 3.35. The highest BCUT2D eigenvalue weighted by molar-refractivity contribution is 5.83. The first kappa shape index (κ1) is 14.9. The Morgan fingerprint density at radius 1 is 1.43 bits per heavy atom. The Kier molecular flexibility index (Phi) is 4.18. The molecule has 6 heteroatoms. The van der Waals surface area contributed by atoms with Crippen LogP contribution in [0.5, 0.6) is 0 Å². The third kappa shape index (κ3) is 2.71. The summed E-state index contributed by atoms with van der Waals surface area (Å²) in [6, 6.07) is 7.18. The monoisotopic (exact) mass is 284 g/mol. The van der Waals surface area contributed by atoms with Crippen LogP contribution in [0.1, 0.15) is 44.0 Å². The number of aromatic nitrogens is 2. The van der Waals surface area contributed by atoms with E-state index in [-0.39, 0.29) is 6.61 Å². The lowest BCUT2D eigenvalue weighted by atomic mass is 9.75. The van der Waals surface area contributed by atoms with Gasteiger partial charge in [0.05, 0.1) is 30.1 Å². The van der Waals surface area contributed by atoms with Crippen molar-refractivity contribution in [3.05, 3.63) is 23.5 Å². The molecule has 0 amide bonds. The van der Waals surface area contributed by atoms with Gasteiger partial charge in [0.2, 0.25) is 0 Å². The van der Waals surface area contributed by atoms with Crippen LogP contribution >= 0.6 is 0 Å². The van der Waals surface area contributed by atoms with Crippen LogP contribution in [0.25, 0.3) is 0 Å². The third-order valence-electron chi connectivity index (χ3n) is 3.75. The Hall–Kier alpha value is -2.47. The predicted octanol–water partition coefficient (Wildman–Crippen LogP) is 1.84. The Morgan fingerprint density at radius 3 is 2.52 bits per heavy atom. The first-order valence-corrected chi connectivity index (χ1v) is 6.88. The maximum atomic E-state index is 12.3. The summed E-state index contributed by atoms with van der Waals surface area (Å²) in [5.41, 5.74) is -0.261. The summed E-state index contributed by atoms with van der Waals surface area (Å²) in [6.07, 6.45) is 2.20. The average Bonchev–Trinajstić information content (AvgIpc) is 3.33. The SMILES string of the molecule is CCOC(=O)[C@](C)(c1ccc(C2CC2)nn1)C(C#N)C#N. The van der Waals surface area contributed by atoms with E-state index < -0.39 is 17.3 Å². The van der Waals surface area contributed by atoms with Gasteiger partial charge in [-0.2, -0.15) is 20.7 Å². The van der Waals surface area contributed by atoms with Crippen LogP contribution in [0, 0.1) is 28.6 Å². The largest absolute Gasteiger partial charge is 0.465 e. The number of hydrogen-bond acceptors (Lipinski definition) is 6. The lowest BCUT2D eigenvalue weighted by molar-refractivity contribution is -0.150. The van der Waals surface area contributed by atoms with E-state index in [1.807, 2.05) is 18.2 Å². The molecular formula is C15H16N4O2.